The van der Waals surface area contributed by atoms with Crippen LogP contribution in [0.15, 0.2) is 0 Å². The summed E-state index contributed by atoms with van der Waals surface area (Å²) in [6.45, 7) is 11.6. The summed E-state index contributed by atoms with van der Waals surface area (Å²) in [5.41, 5.74) is -0.293. The standard InChI is InChI=1S/C23H38O5/c1-15-12-17(27-16(2)24)19-20(3,4)8-7-9-21(19,5)23(15)11-10-22(28-23)13-18(25-6)26-14-22/h15,17-19H,7-14H2,1-6H3/t15-,17-,18+,19+,21+,22-,23-/m0/s1. The van der Waals surface area contributed by atoms with Crippen molar-refractivity contribution in [3.63, 3.8) is 0 Å². The fourth-order valence-corrected chi connectivity index (χ4v) is 7.75. The van der Waals surface area contributed by atoms with Crippen LogP contribution in [-0.4, -0.2) is 43.3 Å². The van der Waals surface area contributed by atoms with E-state index >= 15 is 0 Å². The highest BCUT2D eigenvalue weighted by molar-refractivity contribution is 5.66. The van der Waals surface area contributed by atoms with Crippen LogP contribution in [0.5, 0.6) is 0 Å². The number of esters is 1. The van der Waals surface area contributed by atoms with Crippen LogP contribution in [0.3, 0.4) is 0 Å². The van der Waals surface area contributed by atoms with Crippen LogP contribution >= 0.6 is 0 Å². The predicted octanol–water partition coefficient (Wildman–Crippen LogP) is 4.47. The number of carbonyl (C=O) groups is 1. The maximum atomic E-state index is 11.9. The fraction of sp³-hybridized carbons (Fsp3) is 0.957. The van der Waals surface area contributed by atoms with Crippen molar-refractivity contribution in [2.75, 3.05) is 13.7 Å². The van der Waals surface area contributed by atoms with Crippen LogP contribution in [0.25, 0.3) is 0 Å². The van der Waals surface area contributed by atoms with E-state index in [9.17, 15) is 4.79 Å². The van der Waals surface area contributed by atoms with Gasteiger partial charge in [-0.3, -0.25) is 4.79 Å². The van der Waals surface area contributed by atoms with Gasteiger partial charge in [0, 0.05) is 31.8 Å². The molecule has 2 saturated carbocycles. The maximum Gasteiger partial charge on any atom is 0.302 e. The largest absolute Gasteiger partial charge is 0.462 e. The van der Waals surface area contributed by atoms with E-state index in [1.54, 1.807) is 14.0 Å². The van der Waals surface area contributed by atoms with Crippen LogP contribution in [-0.2, 0) is 23.7 Å². The van der Waals surface area contributed by atoms with Gasteiger partial charge in [-0.25, -0.2) is 0 Å². The molecule has 160 valence electrons. The second-order valence-corrected chi connectivity index (χ2v) is 10.9. The molecule has 0 unspecified atom stereocenters. The molecular weight excluding hydrogens is 356 g/mol. The first-order valence-corrected chi connectivity index (χ1v) is 11.1. The molecule has 0 aromatic heterocycles. The number of fused-ring (bicyclic) bond motifs is 2. The van der Waals surface area contributed by atoms with E-state index in [0.29, 0.717) is 18.4 Å². The molecule has 5 heteroatoms. The van der Waals surface area contributed by atoms with Crippen molar-refractivity contribution >= 4 is 5.97 Å². The molecule has 4 aliphatic rings. The van der Waals surface area contributed by atoms with E-state index in [1.807, 2.05) is 0 Å². The second-order valence-electron chi connectivity index (χ2n) is 10.9. The average Bonchev–Trinajstić information content (AvgIpc) is 3.17. The molecule has 0 radical (unpaired) electrons. The zero-order valence-electron chi connectivity index (χ0n) is 18.5. The van der Waals surface area contributed by atoms with Crippen LogP contribution in [0.2, 0.25) is 0 Å². The average molecular weight is 395 g/mol. The minimum atomic E-state index is -0.224. The van der Waals surface area contributed by atoms with Gasteiger partial charge >= 0.3 is 5.97 Å². The molecule has 5 nitrogen and oxygen atoms in total. The highest BCUT2D eigenvalue weighted by atomic mass is 16.7. The monoisotopic (exact) mass is 394 g/mol. The fourth-order valence-electron chi connectivity index (χ4n) is 7.75. The molecule has 2 aliphatic heterocycles. The number of rotatable bonds is 2. The third-order valence-electron chi connectivity index (χ3n) is 8.77. The Morgan fingerprint density at radius 3 is 2.50 bits per heavy atom. The SMILES string of the molecule is CO[C@H]1C[C@@]2(CC[C@]3(O2)[C@@H](C)C[C@H](OC(C)=O)[C@@H]2C(C)(C)CCC[C@]23C)CO1. The Hall–Kier alpha value is -0.650. The number of methoxy groups -OCH3 is 1. The first-order valence-electron chi connectivity index (χ1n) is 11.1. The molecule has 4 rings (SSSR count). The van der Waals surface area contributed by atoms with Gasteiger partial charge in [0.1, 0.15) is 6.10 Å². The zero-order chi connectivity index (χ0) is 20.4. The Morgan fingerprint density at radius 1 is 1.11 bits per heavy atom. The van der Waals surface area contributed by atoms with Crippen molar-refractivity contribution in [1.82, 2.24) is 0 Å². The molecule has 0 N–H and O–H groups in total. The second kappa shape index (κ2) is 6.68. The van der Waals surface area contributed by atoms with E-state index in [-0.39, 0.29) is 40.4 Å². The van der Waals surface area contributed by atoms with Crippen LogP contribution < -0.4 is 0 Å². The van der Waals surface area contributed by atoms with E-state index in [1.165, 1.54) is 12.8 Å². The van der Waals surface area contributed by atoms with Crippen molar-refractivity contribution in [3.8, 4) is 0 Å². The van der Waals surface area contributed by atoms with E-state index in [0.717, 1.165) is 32.1 Å². The molecule has 0 aromatic carbocycles. The first kappa shape index (κ1) is 20.6. The van der Waals surface area contributed by atoms with Gasteiger partial charge in [0.05, 0.1) is 17.8 Å². The zero-order valence-corrected chi connectivity index (χ0v) is 18.5. The summed E-state index contributed by atoms with van der Waals surface area (Å²) in [7, 11) is 1.71. The van der Waals surface area contributed by atoms with Crippen molar-refractivity contribution in [1.29, 1.82) is 0 Å². The summed E-state index contributed by atoms with van der Waals surface area (Å²) in [6.07, 6.45) is 7.11. The summed E-state index contributed by atoms with van der Waals surface area (Å²) < 4.78 is 24.4. The van der Waals surface area contributed by atoms with Crippen LogP contribution in [0.4, 0.5) is 0 Å². The van der Waals surface area contributed by atoms with Crippen molar-refractivity contribution in [3.05, 3.63) is 0 Å². The summed E-state index contributed by atoms with van der Waals surface area (Å²) >= 11 is 0. The van der Waals surface area contributed by atoms with Crippen LogP contribution in [0.1, 0.15) is 79.6 Å². The summed E-state index contributed by atoms with van der Waals surface area (Å²) in [4.78, 5) is 11.9. The molecule has 2 heterocycles. The molecular formula is C23H38O5. The molecule has 0 aromatic rings. The van der Waals surface area contributed by atoms with Gasteiger partial charge in [-0.05, 0) is 43.4 Å². The molecule has 0 amide bonds. The molecule has 0 bridgehead atoms. The molecule has 2 spiro atoms. The molecule has 4 fully saturated rings. The summed E-state index contributed by atoms with van der Waals surface area (Å²) in [5, 5.41) is 0. The number of carbonyl (C=O) groups excluding carboxylic acids is 1. The van der Waals surface area contributed by atoms with Gasteiger partial charge in [-0.2, -0.15) is 0 Å². The third-order valence-corrected chi connectivity index (χ3v) is 8.77. The smallest absolute Gasteiger partial charge is 0.302 e. The third kappa shape index (κ3) is 2.87. The summed E-state index contributed by atoms with van der Waals surface area (Å²) in [5.74, 6) is 0.491. The predicted molar refractivity (Wildman–Crippen MR) is 106 cm³/mol. The van der Waals surface area contributed by atoms with E-state index in [4.69, 9.17) is 18.9 Å². The maximum absolute atomic E-state index is 11.9. The normalized spacial score (nSPS) is 50.1. The van der Waals surface area contributed by atoms with E-state index < -0.39 is 0 Å². The highest BCUT2D eigenvalue weighted by Crippen LogP contribution is 2.68. The highest BCUT2D eigenvalue weighted by Gasteiger charge is 2.70. The van der Waals surface area contributed by atoms with Crippen molar-refractivity contribution in [2.24, 2.45) is 22.7 Å². The number of hydrogen-bond acceptors (Lipinski definition) is 5. The quantitative estimate of drug-likeness (QED) is 0.647. The Morgan fingerprint density at radius 2 is 1.86 bits per heavy atom. The Balaban J connectivity index is 1.72. The number of ether oxygens (including phenoxy) is 4. The minimum Gasteiger partial charge on any atom is -0.462 e. The van der Waals surface area contributed by atoms with Gasteiger partial charge in [0.25, 0.3) is 0 Å². The van der Waals surface area contributed by atoms with E-state index in [2.05, 4.69) is 27.7 Å². The molecule has 7 atom stereocenters. The number of hydrogen-bond donors (Lipinski definition) is 0. The topological polar surface area (TPSA) is 54.0 Å². The lowest BCUT2D eigenvalue weighted by Gasteiger charge is -2.65. The van der Waals surface area contributed by atoms with Gasteiger partial charge in [0.2, 0.25) is 0 Å². The lowest BCUT2D eigenvalue weighted by molar-refractivity contribution is -0.272. The Bertz CT molecular complexity index is 632. The van der Waals surface area contributed by atoms with Gasteiger partial charge in [0.15, 0.2) is 6.29 Å². The van der Waals surface area contributed by atoms with Gasteiger partial charge in [-0.1, -0.05) is 34.1 Å². The van der Waals surface area contributed by atoms with Crippen LogP contribution in [0, 0.1) is 22.7 Å². The Labute approximate surface area is 169 Å². The minimum absolute atomic E-state index is 0.0127. The van der Waals surface area contributed by atoms with Gasteiger partial charge in [-0.15, -0.1) is 0 Å². The molecule has 2 aliphatic carbocycles. The van der Waals surface area contributed by atoms with Gasteiger partial charge < -0.3 is 18.9 Å². The lowest BCUT2D eigenvalue weighted by atomic mass is 9.43. The van der Waals surface area contributed by atoms with Crippen molar-refractivity contribution in [2.45, 2.75) is 103 Å². The molecule has 2 saturated heterocycles. The summed E-state index contributed by atoms with van der Waals surface area (Å²) in [6, 6.07) is 0. The van der Waals surface area contributed by atoms with Crippen molar-refractivity contribution < 1.29 is 23.7 Å². The first-order chi connectivity index (χ1) is 13.1. The molecule has 28 heavy (non-hydrogen) atoms. The Kier molecular flexibility index (Phi) is 4.92. The lowest BCUT2D eigenvalue weighted by Crippen LogP contribution is -2.67.